The van der Waals surface area contributed by atoms with Crippen molar-refractivity contribution in [3.63, 3.8) is 0 Å². The molecular formula is C13H9F2NOS. The third-order valence-electron chi connectivity index (χ3n) is 2.25. The Morgan fingerprint density at radius 2 is 2.00 bits per heavy atom. The normalized spacial score (nSPS) is 10.4. The molecule has 0 amide bonds. The van der Waals surface area contributed by atoms with Gasteiger partial charge in [-0.05, 0) is 31.2 Å². The molecule has 0 unspecified atom stereocenters. The molecule has 0 aliphatic carbocycles. The molecule has 0 saturated carbocycles. The SMILES string of the molecule is CC(=O)c1ccc(Sc2ccc(F)cc2F)nc1. The van der Waals surface area contributed by atoms with Gasteiger partial charge in [-0.1, -0.05) is 11.8 Å². The van der Waals surface area contributed by atoms with Crippen LogP contribution in [0.4, 0.5) is 8.78 Å². The third kappa shape index (κ3) is 2.92. The van der Waals surface area contributed by atoms with Gasteiger partial charge in [0.2, 0.25) is 0 Å². The molecular weight excluding hydrogens is 256 g/mol. The lowest BCUT2D eigenvalue weighted by atomic mass is 10.2. The number of Topliss-reactive ketones (excluding diaryl/α,β-unsaturated/α-hetero) is 1. The van der Waals surface area contributed by atoms with Gasteiger partial charge in [-0.2, -0.15) is 0 Å². The number of ketones is 1. The van der Waals surface area contributed by atoms with Gasteiger partial charge >= 0.3 is 0 Å². The van der Waals surface area contributed by atoms with Crippen LogP contribution in [0.25, 0.3) is 0 Å². The van der Waals surface area contributed by atoms with Gasteiger partial charge in [0.05, 0.1) is 0 Å². The van der Waals surface area contributed by atoms with Crippen LogP contribution in [0.2, 0.25) is 0 Å². The highest BCUT2D eigenvalue weighted by Crippen LogP contribution is 2.28. The topological polar surface area (TPSA) is 30.0 Å². The second kappa shape index (κ2) is 5.27. The van der Waals surface area contributed by atoms with Crippen LogP contribution in [-0.4, -0.2) is 10.8 Å². The van der Waals surface area contributed by atoms with E-state index in [2.05, 4.69) is 4.98 Å². The van der Waals surface area contributed by atoms with Gasteiger partial charge in [-0.3, -0.25) is 4.79 Å². The molecule has 1 aromatic heterocycles. The molecule has 5 heteroatoms. The van der Waals surface area contributed by atoms with Crippen molar-refractivity contribution in [2.75, 3.05) is 0 Å². The van der Waals surface area contributed by atoms with Crippen molar-refractivity contribution >= 4 is 17.5 Å². The van der Waals surface area contributed by atoms with Crippen LogP contribution in [-0.2, 0) is 0 Å². The summed E-state index contributed by atoms with van der Waals surface area (Å²) < 4.78 is 26.1. The van der Waals surface area contributed by atoms with Crippen molar-refractivity contribution in [3.8, 4) is 0 Å². The number of carbonyl (C=O) groups excluding carboxylic acids is 1. The average molecular weight is 265 g/mol. The van der Waals surface area contributed by atoms with Gasteiger partial charge in [-0.15, -0.1) is 0 Å². The Bertz CT molecular complexity index is 584. The molecule has 0 saturated heterocycles. The van der Waals surface area contributed by atoms with Crippen molar-refractivity contribution in [2.45, 2.75) is 16.8 Å². The fraction of sp³-hybridized carbons (Fsp3) is 0.0769. The summed E-state index contributed by atoms with van der Waals surface area (Å²) in [5, 5.41) is 0.547. The molecule has 0 spiro atoms. The van der Waals surface area contributed by atoms with Crippen LogP contribution in [0.15, 0.2) is 46.5 Å². The summed E-state index contributed by atoms with van der Waals surface area (Å²) in [7, 11) is 0. The standard InChI is InChI=1S/C13H9F2NOS/c1-8(17)9-2-5-13(16-7-9)18-12-4-3-10(14)6-11(12)15/h2-7H,1H3. The van der Waals surface area contributed by atoms with E-state index in [4.69, 9.17) is 0 Å². The number of hydrogen-bond donors (Lipinski definition) is 0. The van der Waals surface area contributed by atoms with E-state index in [1.165, 1.54) is 25.3 Å². The maximum Gasteiger partial charge on any atom is 0.161 e. The molecule has 0 aliphatic rings. The summed E-state index contributed by atoms with van der Waals surface area (Å²) in [5.41, 5.74) is 0.499. The Kier molecular flexibility index (Phi) is 3.72. The maximum atomic E-state index is 13.4. The molecule has 2 nitrogen and oxygen atoms in total. The van der Waals surface area contributed by atoms with Crippen LogP contribution in [0.1, 0.15) is 17.3 Å². The Labute approximate surface area is 107 Å². The van der Waals surface area contributed by atoms with E-state index in [9.17, 15) is 13.6 Å². The van der Waals surface area contributed by atoms with Crippen LogP contribution in [0, 0.1) is 11.6 Å². The van der Waals surface area contributed by atoms with E-state index >= 15 is 0 Å². The average Bonchev–Trinajstić information content (AvgIpc) is 2.33. The number of aromatic nitrogens is 1. The van der Waals surface area contributed by atoms with E-state index < -0.39 is 11.6 Å². The smallest absolute Gasteiger partial charge is 0.161 e. The number of rotatable bonds is 3. The minimum atomic E-state index is -0.627. The van der Waals surface area contributed by atoms with E-state index in [1.54, 1.807) is 12.1 Å². The van der Waals surface area contributed by atoms with Crippen molar-refractivity contribution in [3.05, 3.63) is 53.7 Å². The molecule has 2 rings (SSSR count). The minimum absolute atomic E-state index is 0.0768. The monoisotopic (exact) mass is 265 g/mol. The highest BCUT2D eigenvalue weighted by atomic mass is 32.2. The maximum absolute atomic E-state index is 13.4. The molecule has 0 atom stereocenters. The molecule has 0 fully saturated rings. The van der Waals surface area contributed by atoms with E-state index in [1.807, 2.05) is 0 Å². The quantitative estimate of drug-likeness (QED) is 0.792. The zero-order valence-electron chi connectivity index (χ0n) is 9.48. The predicted molar refractivity (Wildman–Crippen MR) is 64.7 cm³/mol. The zero-order chi connectivity index (χ0) is 13.1. The van der Waals surface area contributed by atoms with Gasteiger partial charge in [0, 0.05) is 22.7 Å². The molecule has 92 valence electrons. The molecule has 0 N–H and O–H groups in total. The first-order chi connectivity index (χ1) is 8.56. The van der Waals surface area contributed by atoms with Gasteiger partial charge in [0.25, 0.3) is 0 Å². The lowest BCUT2D eigenvalue weighted by Gasteiger charge is -2.03. The van der Waals surface area contributed by atoms with E-state index in [-0.39, 0.29) is 5.78 Å². The van der Waals surface area contributed by atoms with Gasteiger partial charge < -0.3 is 0 Å². The van der Waals surface area contributed by atoms with Crippen molar-refractivity contribution in [1.29, 1.82) is 0 Å². The summed E-state index contributed by atoms with van der Waals surface area (Å²) in [6.45, 7) is 1.45. The number of hydrogen-bond acceptors (Lipinski definition) is 3. The summed E-state index contributed by atoms with van der Waals surface area (Å²) in [6.07, 6.45) is 1.44. The number of nitrogens with zero attached hydrogens (tertiary/aromatic N) is 1. The molecule has 1 heterocycles. The van der Waals surface area contributed by atoms with Crippen LogP contribution in [0.5, 0.6) is 0 Å². The van der Waals surface area contributed by atoms with Crippen molar-refractivity contribution < 1.29 is 13.6 Å². The third-order valence-corrected chi connectivity index (χ3v) is 3.25. The highest BCUT2D eigenvalue weighted by Gasteiger charge is 2.07. The summed E-state index contributed by atoms with van der Waals surface area (Å²) in [5.74, 6) is -1.32. The largest absolute Gasteiger partial charge is 0.294 e. The summed E-state index contributed by atoms with van der Waals surface area (Å²) >= 11 is 1.08. The summed E-state index contributed by atoms with van der Waals surface area (Å²) in [4.78, 5) is 15.4. The van der Waals surface area contributed by atoms with Gasteiger partial charge in [-0.25, -0.2) is 13.8 Å². The van der Waals surface area contributed by atoms with Crippen molar-refractivity contribution in [2.24, 2.45) is 0 Å². The van der Waals surface area contributed by atoms with Gasteiger partial charge in [0.1, 0.15) is 16.7 Å². The van der Waals surface area contributed by atoms with Crippen molar-refractivity contribution in [1.82, 2.24) is 4.98 Å². The Morgan fingerprint density at radius 1 is 1.22 bits per heavy atom. The minimum Gasteiger partial charge on any atom is -0.294 e. The second-order valence-electron chi connectivity index (χ2n) is 3.62. The molecule has 0 bridgehead atoms. The fourth-order valence-corrected chi connectivity index (χ4v) is 2.08. The summed E-state index contributed by atoms with van der Waals surface area (Å²) in [6, 6.07) is 6.63. The molecule has 0 aliphatic heterocycles. The lowest BCUT2D eigenvalue weighted by Crippen LogP contribution is -1.93. The Morgan fingerprint density at radius 3 is 2.56 bits per heavy atom. The van der Waals surface area contributed by atoms with E-state index in [0.717, 1.165) is 17.8 Å². The Balaban J connectivity index is 2.21. The molecule has 18 heavy (non-hydrogen) atoms. The van der Waals surface area contributed by atoms with Crippen LogP contribution < -0.4 is 0 Å². The lowest BCUT2D eigenvalue weighted by molar-refractivity contribution is 0.101. The fourth-order valence-electron chi connectivity index (χ4n) is 1.32. The van der Waals surface area contributed by atoms with Gasteiger partial charge in [0.15, 0.2) is 5.78 Å². The first-order valence-electron chi connectivity index (χ1n) is 5.16. The first-order valence-corrected chi connectivity index (χ1v) is 5.98. The second-order valence-corrected chi connectivity index (χ2v) is 4.68. The zero-order valence-corrected chi connectivity index (χ0v) is 10.3. The predicted octanol–water partition coefficient (Wildman–Crippen LogP) is 3.71. The van der Waals surface area contributed by atoms with Crippen LogP contribution in [0.3, 0.4) is 0 Å². The number of benzene rings is 1. The number of carbonyl (C=O) groups is 1. The molecule has 1 aromatic carbocycles. The number of halogens is 2. The number of pyridine rings is 1. The molecule has 0 radical (unpaired) electrons. The van der Waals surface area contributed by atoms with E-state index in [0.29, 0.717) is 15.5 Å². The highest BCUT2D eigenvalue weighted by molar-refractivity contribution is 7.99. The first kappa shape index (κ1) is 12.7. The molecule has 2 aromatic rings. The van der Waals surface area contributed by atoms with Crippen LogP contribution >= 0.6 is 11.8 Å². The Hall–Kier alpha value is -1.75.